The van der Waals surface area contributed by atoms with E-state index in [1.165, 1.54) is 0 Å². The van der Waals surface area contributed by atoms with Crippen molar-refractivity contribution >= 4 is 0 Å². The van der Waals surface area contributed by atoms with Crippen molar-refractivity contribution < 1.29 is 10.2 Å². The van der Waals surface area contributed by atoms with Crippen LogP contribution in [0, 0.1) is 11.8 Å². The van der Waals surface area contributed by atoms with Crippen molar-refractivity contribution in [3.8, 4) is 0 Å². The molecule has 25 heavy (non-hydrogen) atoms. The first-order valence-corrected chi connectivity index (χ1v) is 8.71. The van der Waals surface area contributed by atoms with Crippen molar-refractivity contribution in [1.29, 1.82) is 0 Å². The lowest BCUT2D eigenvalue weighted by Crippen LogP contribution is -2.48. The van der Waals surface area contributed by atoms with Crippen molar-refractivity contribution in [3.63, 3.8) is 0 Å². The van der Waals surface area contributed by atoms with Crippen LogP contribution < -0.4 is 0 Å². The Kier molecular flexibility index (Phi) is 3.85. The third-order valence-corrected chi connectivity index (χ3v) is 5.61. The van der Waals surface area contributed by atoms with Crippen LogP contribution in [0.15, 0.2) is 96.3 Å². The molecule has 0 spiro atoms. The van der Waals surface area contributed by atoms with Gasteiger partial charge in [0.2, 0.25) is 0 Å². The van der Waals surface area contributed by atoms with Gasteiger partial charge in [0.1, 0.15) is 5.60 Å². The molecule has 4 rings (SSSR count). The van der Waals surface area contributed by atoms with E-state index in [0.29, 0.717) is 5.76 Å². The highest BCUT2D eigenvalue weighted by Crippen LogP contribution is 2.55. The molecule has 0 amide bonds. The first-order chi connectivity index (χ1) is 12.1. The quantitative estimate of drug-likeness (QED) is 0.825. The molecule has 0 saturated carbocycles. The van der Waals surface area contributed by atoms with Gasteiger partial charge in [0, 0.05) is 17.8 Å². The summed E-state index contributed by atoms with van der Waals surface area (Å²) in [5, 5.41) is 23.0. The minimum Gasteiger partial charge on any atom is -0.512 e. The second-order valence-corrected chi connectivity index (χ2v) is 6.92. The van der Waals surface area contributed by atoms with Crippen LogP contribution in [0.3, 0.4) is 0 Å². The molecule has 126 valence electrons. The molecule has 0 aromatic heterocycles. The number of fused-ring (bicyclic) bond motifs is 1. The number of hydrogen-bond donors (Lipinski definition) is 2. The van der Waals surface area contributed by atoms with Gasteiger partial charge in [-0.2, -0.15) is 0 Å². The highest BCUT2D eigenvalue weighted by molar-refractivity contribution is 5.46. The maximum atomic E-state index is 12.1. The zero-order chi connectivity index (χ0) is 17.4. The fourth-order valence-corrected chi connectivity index (χ4v) is 4.44. The van der Waals surface area contributed by atoms with Gasteiger partial charge < -0.3 is 10.2 Å². The maximum Gasteiger partial charge on any atom is 0.107 e. The average molecular weight is 330 g/mol. The Bertz CT molecular complexity index is 848. The molecule has 4 atom stereocenters. The summed E-state index contributed by atoms with van der Waals surface area (Å²) in [6.07, 6.45) is 7.92. The molecule has 2 N–H and O–H groups in total. The normalized spacial score (nSPS) is 31.0. The smallest absolute Gasteiger partial charge is 0.107 e. The number of rotatable bonds is 2. The van der Waals surface area contributed by atoms with Gasteiger partial charge in [-0.05, 0) is 23.6 Å². The van der Waals surface area contributed by atoms with Crippen molar-refractivity contribution in [3.05, 3.63) is 107 Å². The topological polar surface area (TPSA) is 40.5 Å². The molecule has 0 unspecified atom stereocenters. The number of aliphatic hydroxyl groups is 2. The van der Waals surface area contributed by atoms with Crippen LogP contribution in [0.25, 0.3) is 0 Å². The molecule has 2 aromatic carbocycles. The Balaban J connectivity index is 1.99. The molecule has 0 aliphatic heterocycles. The van der Waals surface area contributed by atoms with Gasteiger partial charge in [0.05, 0.1) is 5.76 Å². The molecule has 0 radical (unpaired) electrons. The molecule has 0 fully saturated rings. The van der Waals surface area contributed by atoms with E-state index >= 15 is 0 Å². The summed E-state index contributed by atoms with van der Waals surface area (Å²) in [5.74, 6) is -0.336. The van der Waals surface area contributed by atoms with Crippen LogP contribution >= 0.6 is 0 Å². The second-order valence-electron chi connectivity index (χ2n) is 6.92. The SMILES string of the molecule is CC1=C(O)[C@@H]2C=CC=C[C@@H]2[C@@](O)(c2ccccc2)[C@H]1c1ccccc1. The third kappa shape index (κ3) is 2.37. The highest BCUT2D eigenvalue weighted by Gasteiger charge is 2.53. The minimum absolute atomic E-state index is 0.199. The number of hydrogen-bond acceptors (Lipinski definition) is 2. The number of allylic oxidation sites excluding steroid dienone is 3. The van der Waals surface area contributed by atoms with Gasteiger partial charge in [-0.3, -0.25) is 0 Å². The third-order valence-electron chi connectivity index (χ3n) is 5.61. The molecule has 2 aliphatic rings. The largest absolute Gasteiger partial charge is 0.512 e. The van der Waals surface area contributed by atoms with Crippen LogP contribution in [0.4, 0.5) is 0 Å². The van der Waals surface area contributed by atoms with Gasteiger partial charge in [0.25, 0.3) is 0 Å². The predicted octanol–water partition coefficient (Wildman–Crippen LogP) is 4.86. The zero-order valence-electron chi connectivity index (χ0n) is 14.2. The number of benzene rings is 2. The molecule has 0 bridgehead atoms. The summed E-state index contributed by atoms with van der Waals surface area (Å²) < 4.78 is 0. The Hall–Kier alpha value is -2.58. The first kappa shape index (κ1) is 15.9. The van der Waals surface area contributed by atoms with E-state index in [1.807, 2.05) is 91.9 Å². The summed E-state index contributed by atoms with van der Waals surface area (Å²) in [4.78, 5) is 0. The Morgan fingerprint density at radius 1 is 0.840 bits per heavy atom. The van der Waals surface area contributed by atoms with E-state index in [4.69, 9.17) is 0 Å². The predicted molar refractivity (Wildman–Crippen MR) is 100 cm³/mol. The molecule has 2 nitrogen and oxygen atoms in total. The van der Waals surface area contributed by atoms with Crippen molar-refractivity contribution in [2.24, 2.45) is 11.8 Å². The minimum atomic E-state index is -1.12. The van der Waals surface area contributed by atoms with Crippen LogP contribution in [0.5, 0.6) is 0 Å². The molecular formula is C23H22O2. The fourth-order valence-electron chi connectivity index (χ4n) is 4.44. The second kappa shape index (κ2) is 6.05. The van der Waals surface area contributed by atoms with Gasteiger partial charge in [-0.1, -0.05) is 85.0 Å². The van der Waals surface area contributed by atoms with E-state index in [2.05, 4.69) is 0 Å². The van der Waals surface area contributed by atoms with E-state index in [-0.39, 0.29) is 17.8 Å². The zero-order valence-corrected chi connectivity index (χ0v) is 14.2. The van der Waals surface area contributed by atoms with Crippen molar-refractivity contribution in [1.82, 2.24) is 0 Å². The first-order valence-electron chi connectivity index (χ1n) is 8.71. The molecule has 2 aliphatic carbocycles. The van der Waals surface area contributed by atoms with Gasteiger partial charge in [0.15, 0.2) is 0 Å². The average Bonchev–Trinajstić information content (AvgIpc) is 2.68. The summed E-state index contributed by atoms with van der Waals surface area (Å²) in [6, 6.07) is 19.8. The summed E-state index contributed by atoms with van der Waals surface area (Å²) in [6.45, 7) is 1.93. The van der Waals surface area contributed by atoms with Crippen molar-refractivity contribution in [2.75, 3.05) is 0 Å². The number of aliphatic hydroxyl groups excluding tert-OH is 1. The van der Waals surface area contributed by atoms with Crippen LogP contribution in [0.1, 0.15) is 24.0 Å². The van der Waals surface area contributed by atoms with E-state index in [9.17, 15) is 10.2 Å². The summed E-state index contributed by atoms with van der Waals surface area (Å²) in [7, 11) is 0. The van der Waals surface area contributed by atoms with E-state index in [0.717, 1.165) is 16.7 Å². The Morgan fingerprint density at radius 3 is 2.12 bits per heavy atom. The van der Waals surface area contributed by atoms with Crippen LogP contribution in [-0.4, -0.2) is 10.2 Å². The molecule has 2 aromatic rings. The van der Waals surface area contributed by atoms with Crippen LogP contribution in [0.2, 0.25) is 0 Å². The monoisotopic (exact) mass is 330 g/mol. The lowest BCUT2D eigenvalue weighted by Gasteiger charge is -2.49. The lowest BCUT2D eigenvalue weighted by atomic mass is 9.58. The summed E-state index contributed by atoms with van der Waals surface area (Å²) >= 11 is 0. The lowest BCUT2D eigenvalue weighted by molar-refractivity contribution is -0.0491. The van der Waals surface area contributed by atoms with Gasteiger partial charge in [-0.15, -0.1) is 0 Å². The maximum absolute atomic E-state index is 12.1. The standard InChI is InChI=1S/C23H22O2/c1-16-21(17-10-4-2-5-11-17)23(25,18-12-6-3-7-13-18)20-15-9-8-14-19(20)22(16)24/h2-15,19-21,24-25H,1H3/t19-,20+,21-,23+/m1/s1. The highest BCUT2D eigenvalue weighted by atomic mass is 16.3. The molecule has 2 heteroatoms. The molecular weight excluding hydrogens is 308 g/mol. The Labute approximate surface area is 148 Å². The van der Waals surface area contributed by atoms with Gasteiger partial charge >= 0.3 is 0 Å². The van der Waals surface area contributed by atoms with Crippen LogP contribution in [-0.2, 0) is 5.60 Å². The molecule has 0 saturated heterocycles. The Morgan fingerprint density at radius 2 is 1.44 bits per heavy atom. The van der Waals surface area contributed by atoms with E-state index in [1.54, 1.807) is 0 Å². The summed E-state index contributed by atoms with van der Waals surface area (Å²) in [5.41, 5.74) is 1.61. The van der Waals surface area contributed by atoms with E-state index < -0.39 is 5.60 Å². The van der Waals surface area contributed by atoms with Gasteiger partial charge in [-0.25, -0.2) is 0 Å². The fraction of sp³-hybridized carbons (Fsp3) is 0.217. The van der Waals surface area contributed by atoms with Crippen molar-refractivity contribution in [2.45, 2.75) is 18.4 Å². The molecule has 0 heterocycles.